The van der Waals surface area contributed by atoms with E-state index in [9.17, 15) is 0 Å². The minimum absolute atomic E-state index is 0.392. The molecule has 0 aromatic heterocycles. The third-order valence-corrected chi connectivity index (χ3v) is 6.92. The van der Waals surface area contributed by atoms with Crippen molar-refractivity contribution in [2.45, 2.75) is 53.9 Å². The molecule has 0 spiro atoms. The molecule has 1 aliphatic heterocycles. The van der Waals surface area contributed by atoms with Gasteiger partial charge >= 0.3 is 0 Å². The molecule has 0 N–H and O–H groups in total. The van der Waals surface area contributed by atoms with Crippen LogP contribution in [0.3, 0.4) is 0 Å². The van der Waals surface area contributed by atoms with Gasteiger partial charge in [0, 0.05) is 47.0 Å². The minimum atomic E-state index is 0.392. The van der Waals surface area contributed by atoms with Crippen LogP contribution in [0.15, 0.2) is 127 Å². The van der Waals surface area contributed by atoms with Crippen LogP contribution >= 0.6 is 0 Å². The zero-order valence-electron chi connectivity index (χ0n) is 24.0. The highest BCUT2D eigenvalue weighted by molar-refractivity contribution is 5.76. The molecule has 1 heterocycles. The summed E-state index contributed by atoms with van der Waals surface area (Å²) in [7, 11) is 0. The molecule has 0 bridgehead atoms. The molecule has 198 valence electrons. The highest BCUT2D eigenvalue weighted by Gasteiger charge is 2.25. The molecular formula is C36H44N2. The molecule has 2 aromatic carbocycles. The van der Waals surface area contributed by atoms with Gasteiger partial charge in [0.2, 0.25) is 0 Å². The summed E-state index contributed by atoms with van der Waals surface area (Å²) in [5, 5.41) is 0. The van der Waals surface area contributed by atoms with Crippen LogP contribution in [0.1, 0.15) is 51.7 Å². The predicted octanol–water partition coefficient (Wildman–Crippen LogP) is 10.2. The molecule has 1 unspecified atom stereocenters. The van der Waals surface area contributed by atoms with Gasteiger partial charge in [0.05, 0.1) is 0 Å². The molecule has 2 aliphatic rings. The summed E-state index contributed by atoms with van der Waals surface area (Å²) in [5.74, 6) is 0.392. The number of hydrogen-bond acceptors (Lipinski definition) is 2. The van der Waals surface area contributed by atoms with E-state index in [0.29, 0.717) is 5.92 Å². The van der Waals surface area contributed by atoms with Crippen molar-refractivity contribution in [1.29, 1.82) is 0 Å². The van der Waals surface area contributed by atoms with Gasteiger partial charge in [-0.05, 0) is 81.0 Å². The van der Waals surface area contributed by atoms with E-state index in [4.69, 9.17) is 0 Å². The standard InChI is InChI=1S/C32H36N2.C4H8/c1-7-9-17-33(32-26(6)13-12-15-30(32)25(5)8-2)28-19-23(3)20-29(21-28)34-22-24(4)18-27-14-10-11-16-31(27)34;1-3-4-2/h7-12,14-16,19-22,26H,2,5,13,17-18H2,1,3-4,6H3;3H,1,4H2,2H3/b9-7-;. The maximum absolute atomic E-state index is 4.29. The number of rotatable bonds is 8. The largest absolute Gasteiger partial charge is 0.340 e. The minimum Gasteiger partial charge on any atom is -0.340 e. The van der Waals surface area contributed by atoms with Crippen LogP contribution in [0.4, 0.5) is 17.1 Å². The van der Waals surface area contributed by atoms with Crippen molar-refractivity contribution in [2.75, 3.05) is 16.3 Å². The third kappa shape index (κ3) is 6.75. The van der Waals surface area contributed by atoms with Crippen LogP contribution in [0, 0.1) is 12.8 Å². The molecule has 1 aliphatic carbocycles. The van der Waals surface area contributed by atoms with Crippen molar-refractivity contribution >= 4 is 17.1 Å². The predicted molar refractivity (Wildman–Crippen MR) is 169 cm³/mol. The molecule has 4 rings (SSSR count). The van der Waals surface area contributed by atoms with E-state index in [1.165, 1.54) is 45.0 Å². The van der Waals surface area contributed by atoms with Crippen molar-refractivity contribution in [2.24, 2.45) is 5.92 Å². The Morgan fingerprint density at radius 1 is 1.13 bits per heavy atom. The van der Waals surface area contributed by atoms with E-state index in [2.05, 4.69) is 137 Å². The van der Waals surface area contributed by atoms with Gasteiger partial charge in [-0.3, -0.25) is 0 Å². The average Bonchev–Trinajstić information content (AvgIpc) is 2.92. The van der Waals surface area contributed by atoms with Gasteiger partial charge in [-0.15, -0.1) is 6.58 Å². The summed E-state index contributed by atoms with van der Waals surface area (Å²) >= 11 is 0. The van der Waals surface area contributed by atoms with E-state index < -0.39 is 0 Å². The number of fused-ring (bicyclic) bond motifs is 1. The van der Waals surface area contributed by atoms with Crippen LogP contribution in [0.2, 0.25) is 0 Å². The maximum atomic E-state index is 4.29. The van der Waals surface area contributed by atoms with Gasteiger partial charge in [-0.2, -0.15) is 0 Å². The van der Waals surface area contributed by atoms with Crippen LogP contribution in [-0.4, -0.2) is 6.54 Å². The van der Waals surface area contributed by atoms with Gasteiger partial charge in [0.25, 0.3) is 0 Å². The number of anilines is 3. The molecule has 0 saturated heterocycles. The number of benzene rings is 2. The summed E-state index contributed by atoms with van der Waals surface area (Å²) in [4.78, 5) is 4.81. The lowest BCUT2D eigenvalue weighted by molar-refractivity contribution is 0.647. The first-order valence-corrected chi connectivity index (χ1v) is 13.7. The molecule has 1 atom stereocenters. The zero-order chi connectivity index (χ0) is 27.7. The van der Waals surface area contributed by atoms with Gasteiger partial charge in [-0.1, -0.05) is 87.2 Å². The lowest BCUT2D eigenvalue weighted by Crippen LogP contribution is -2.29. The smallest absolute Gasteiger partial charge is 0.0490 e. The van der Waals surface area contributed by atoms with Gasteiger partial charge in [0.15, 0.2) is 0 Å². The number of hydrogen-bond donors (Lipinski definition) is 0. The fraction of sp³-hybridized carbons (Fsp3) is 0.278. The summed E-state index contributed by atoms with van der Waals surface area (Å²) in [6, 6.07) is 15.6. The number of nitrogens with zero attached hydrogens (tertiary/aromatic N) is 2. The topological polar surface area (TPSA) is 6.48 Å². The summed E-state index contributed by atoms with van der Waals surface area (Å²) < 4.78 is 0. The number of aryl methyl sites for hydroxylation is 1. The summed E-state index contributed by atoms with van der Waals surface area (Å²) in [5.41, 5.74) is 11.1. The first kappa shape index (κ1) is 28.8. The van der Waals surface area contributed by atoms with E-state index in [1.807, 2.05) is 12.2 Å². The highest BCUT2D eigenvalue weighted by atomic mass is 15.2. The van der Waals surface area contributed by atoms with Crippen LogP contribution in [0.25, 0.3) is 0 Å². The summed E-state index contributed by atoms with van der Waals surface area (Å²) in [6.07, 6.45) is 18.0. The first-order valence-electron chi connectivity index (χ1n) is 13.7. The Morgan fingerprint density at radius 2 is 1.87 bits per heavy atom. The molecule has 38 heavy (non-hydrogen) atoms. The quantitative estimate of drug-likeness (QED) is 0.261. The fourth-order valence-electron chi connectivity index (χ4n) is 4.98. The van der Waals surface area contributed by atoms with Crippen molar-refractivity contribution in [3.8, 4) is 0 Å². The van der Waals surface area contributed by atoms with Gasteiger partial charge in [-0.25, -0.2) is 0 Å². The molecule has 0 radical (unpaired) electrons. The molecular weight excluding hydrogens is 460 g/mol. The van der Waals surface area contributed by atoms with Crippen LogP contribution in [0.5, 0.6) is 0 Å². The van der Waals surface area contributed by atoms with Crippen molar-refractivity contribution in [3.05, 3.63) is 138 Å². The van der Waals surface area contributed by atoms with Crippen molar-refractivity contribution < 1.29 is 0 Å². The van der Waals surface area contributed by atoms with E-state index in [-0.39, 0.29) is 0 Å². The monoisotopic (exact) mass is 504 g/mol. The molecule has 2 nitrogen and oxygen atoms in total. The van der Waals surface area contributed by atoms with Crippen LogP contribution < -0.4 is 9.80 Å². The molecule has 0 amide bonds. The number of para-hydroxylation sites is 1. The Hall–Kier alpha value is -3.78. The average molecular weight is 505 g/mol. The van der Waals surface area contributed by atoms with Gasteiger partial charge in [0.1, 0.15) is 0 Å². The molecule has 2 aromatic rings. The highest BCUT2D eigenvalue weighted by Crippen LogP contribution is 2.40. The Labute approximate surface area is 231 Å². The Kier molecular flexibility index (Phi) is 10.4. The first-order chi connectivity index (χ1) is 18.3. The second-order valence-electron chi connectivity index (χ2n) is 10.1. The molecule has 0 saturated carbocycles. The van der Waals surface area contributed by atoms with E-state index in [1.54, 1.807) is 0 Å². The Bertz CT molecular complexity index is 1280. The molecule has 0 fully saturated rings. The van der Waals surface area contributed by atoms with Crippen molar-refractivity contribution in [3.63, 3.8) is 0 Å². The van der Waals surface area contributed by atoms with Crippen molar-refractivity contribution in [1.82, 2.24) is 0 Å². The normalized spacial score (nSPS) is 16.4. The second kappa shape index (κ2) is 13.7. The third-order valence-electron chi connectivity index (χ3n) is 6.92. The fourth-order valence-corrected chi connectivity index (χ4v) is 4.98. The Morgan fingerprint density at radius 3 is 2.55 bits per heavy atom. The maximum Gasteiger partial charge on any atom is 0.0490 e. The lowest BCUT2D eigenvalue weighted by Gasteiger charge is -2.35. The van der Waals surface area contributed by atoms with Gasteiger partial charge < -0.3 is 9.80 Å². The van der Waals surface area contributed by atoms with Crippen LogP contribution in [-0.2, 0) is 6.42 Å². The second-order valence-corrected chi connectivity index (χ2v) is 10.1. The van der Waals surface area contributed by atoms with E-state index in [0.717, 1.165) is 31.4 Å². The van der Waals surface area contributed by atoms with E-state index >= 15 is 0 Å². The SMILES string of the molecule is C=CC(=C)C1=C(N(C/C=C\C)c2cc(C)cc(N3C=C(C)Cc4ccccc43)c2)C(C)CC=C1.C=CCC. The lowest BCUT2D eigenvalue weighted by atomic mass is 9.88. The number of allylic oxidation sites excluding steroid dienone is 9. The molecule has 2 heteroatoms. The summed E-state index contributed by atoms with van der Waals surface area (Å²) in [6.45, 7) is 23.4. The zero-order valence-corrected chi connectivity index (χ0v) is 24.0. The Balaban J connectivity index is 0.000000934.